The first-order valence-electron chi connectivity index (χ1n) is 7.52. The summed E-state index contributed by atoms with van der Waals surface area (Å²) in [4.78, 5) is 0. The molecule has 3 rings (SSSR count). The fraction of sp³-hybridized carbons (Fsp3) is 0.529. The number of nitrogens with zero attached hydrogens (tertiary/aromatic N) is 1. The normalized spacial score (nSPS) is 16.5. The Morgan fingerprint density at radius 1 is 1.26 bits per heavy atom. The zero-order chi connectivity index (χ0) is 13.2. The van der Waals surface area contributed by atoms with Crippen molar-refractivity contribution in [2.75, 3.05) is 6.54 Å². The lowest BCUT2D eigenvalue weighted by molar-refractivity contribution is 0.528. The van der Waals surface area contributed by atoms with Crippen LogP contribution in [0.4, 0.5) is 0 Å². The third-order valence-electron chi connectivity index (χ3n) is 4.41. The predicted molar refractivity (Wildman–Crippen MR) is 81.6 cm³/mol. The molecule has 0 unspecified atom stereocenters. The van der Waals surface area contributed by atoms with Crippen molar-refractivity contribution in [1.82, 2.24) is 9.88 Å². The van der Waals surface area contributed by atoms with Crippen molar-refractivity contribution in [2.45, 2.75) is 45.1 Å². The Balaban J connectivity index is 1.70. The minimum Gasteiger partial charge on any atom is -0.350 e. The van der Waals surface area contributed by atoms with Gasteiger partial charge < -0.3 is 9.88 Å². The van der Waals surface area contributed by atoms with Gasteiger partial charge in [-0.1, -0.05) is 25.0 Å². The molecule has 102 valence electrons. The summed E-state index contributed by atoms with van der Waals surface area (Å²) in [7, 11) is 2.15. The van der Waals surface area contributed by atoms with E-state index < -0.39 is 0 Å². The van der Waals surface area contributed by atoms with E-state index in [-0.39, 0.29) is 0 Å². The van der Waals surface area contributed by atoms with Crippen LogP contribution < -0.4 is 5.32 Å². The minimum atomic E-state index is 0.775. The highest BCUT2D eigenvalue weighted by atomic mass is 14.9. The van der Waals surface area contributed by atoms with Crippen LogP contribution in [0.1, 0.15) is 36.8 Å². The number of hydrogen-bond acceptors (Lipinski definition) is 1. The van der Waals surface area contributed by atoms with E-state index in [9.17, 15) is 0 Å². The summed E-state index contributed by atoms with van der Waals surface area (Å²) in [6, 6.07) is 7.55. The molecule has 2 aromatic rings. The van der Waals surface area contributed by atoms with E-state index in [1.807, 2.05) is 0 Å². The van der Waals surface area contributed by atoms with Gasteiger partial charge >= 0.3 is 0 Å². The average molecular weight is 256 g/mol. The molecule has 1 saturated carbocycles. The van der Waals surface area contributed by atoms with Crippen LogP contribution in [-0.2, 0) is 13.5 Å². The molecule has 1 fully saturated rings. The molecule has 0 amide bonds. The molecule has 0 spiro atoms. The molecule has 1 aliphatic rings. The average Bonchev–Trinajstić information content (AvgIpc) is 2.99. The van der Waals surface area contributed by atoms with Crippen LogP contribution in [0.15, 0.2) is 24.4 Å². The Hall–Kier alpha value is -1.28. The number of hydrogen-bond donors (Lipinski definition) is 1. The number of aromatic nitrogens is 1. The summed E-state index contributed by atoms with van der Waals surface area (Å²) >= 11 is 0. The molecule has 1 heterocycles. The summed E-state index contributed by atoms with van der Waals surface area (Å²) in [6.07, 6.45) is 8.98. The van der Waals surface area contributed by atoms with Crippen LogP contribution in [0.3, 0.4) is 0 Å². The van der Waals surface area contributed by atoms with E-state index in [4.69, 9.17) is 0 Å². The summed E-state index contributed by atoms with van der Waals surface area (Å²) in [5.41, 5.74) is 4.17. The van der Waals surface area contributed by atoms with Crippen molar-refractivity contribution in [3.63, 3.8) is 0 Å². The second-order valence-corrected chi connectivity index (χ2v) is 5.97. The number of fused-ring (bicyclic) bond motifs is 1. The number of aryl methyl sites for hydroxylation is 2. The Bertz CT molecular complexity index is 562. The Morgan fingerprint density at radius 2 is 2.05 bits per heavy atom. The van der Waals surface area contributed by atoms with Crippen molar-refractivity contribution < 1.29 is 0 Å². The molecule has 1 aromatic heterocycles. The molecule has 2 heteroatoms. The fourth-order valence-electron chi connectivity index (χ4n) is 3.32. The molecule has 2 nitrogen and oxygen atoms in total. The molecular weight excluding hydrogens is 232 g/mol. The lowest BCUT2D eigenvalue weighted by atomic mass is 10.1. The van der Waals surface area contributed by atoms with Gasteiger partial charge in [0.25, 0.3) is 0 Å². The molecule has 1 N–H and O–H groups in total. The highest BCUT2D eigenvalue weighted by Crippen LogP contribution is 2.22. The van der Waals surface area contributed by atoms with Gasteiger partial charge in [-0.25, -0.2) is 0 Å². The zero-order valence-corrected chi connectivity index (χ0v) is 12.1. The molecule has 0 aliphatic heterocycles. The first kappa shape index (κ1) is 12.7. The largest absolute Gasteiger partial charge is 0.350 e. The summed E-state index contributed by atoms with van der Waals surface area (Å²) < 4.78 is 2.26. The van der Waals surface area contributed by atoms with Crippen molar-refractivity contribution >= 4 is 10.9 Å². The second kappa shape index (κ2) is 5.38. The maximum absolute atomic E-state index is 3.71. The third kappa shape index (κ3) is 2.69. The van der Waals surface area contributed by atoms with Crippen molar-refractivity contribution in [3.8, 4) is 0 Å². The highest BCUT2D eigenvalue weighted by Gasteiger charge is 2.14. The lowest BCUT2D eigenvalue weighted by Gasteiger charge is -2.10. The van der Waals surface area contributed by atoms with Crippen molar-refractivity contribution in [2.24, 2.45) is 7.05 Å². The molecule has 0 bridgehead atoms. The SMILES string of the molecule is Cc1ccc2c(CCNC3CCCC3)cn(C)c2c1. The summed E-state index contributed by atoms with van der Waals surface area (Å²) in [5.74, 6) is 0. The van der Waals surface area contributed by atoms with Crippen molar-refractivity contribution in [1.29, 1.82) is 0 Å². The first-order chi connectivity index (χ1) is 9.24. The van der Waals surface area contributed by atoms with Gasteiger partial charge in [-0.15, -0.1) is 0 Å². The quantitative estimate of drug-likeness (QED) is 0.885. The summed E-state index contributed by atoms with van der Waals surface area (Å²) in [6.45, 7) is 3.27. The third-order valence-corrected chi connectivity index (χ3v) is 4.41. The van der Waals surface area contributed by atoms with Gasteiger partial charge in [-0.2, -0.15) is 0 Å². The molecule has 0 saturated heterocycles. The lowest BCUT2D eigenvalue weighted by Crippen LogP contribution is -2.27. The van der Waals surface area contributed by atoms with Gasteiger partial charge in [0.1, 0.15) is 0 Å². The molecule has 1 aliphatic carbocycles. The maximum Gasteiger partial charge on any atom is 0.0483 e. The smallest absolute Gasteiger partial charge is 0.0483 e. The van der Waals surface area contributed by atoms with E-state index in [2.05, 4.69) is 48.3 Å². The number of benzene rings is 1. The topological polar surface area (TPSA) is 17.0 Å². The molecular formula is C17H24N2. The monoisotopic (exact) mass is 256 g/mol. The van der Waals surface area contributed by atoms with Crippen LogP contribution in [0.2, 0.25) is 0 Å². The van der Waals surface area contributed by atoms with E-state index in [0.29, 0.717) is 0 Å². The van der Waals surface area contributed by atoms with E-state index >= 15 is 0 Å². The zero-order valence-electron chi connectivity index (χ0n) is 12.1. The van der Waals surface area contributed by atoms with E-state index in [0.717, 1.165) is 19.0 Å². The molecule has 0 atom stereocenters. The van der Waals surface area contributed by atoms with Crippen LogP contribution in [0, 0.1) is 6.92 Å². The van der Waals surface area contributed by atoms with Crippen LogP contribution >= 0.6 is 0 Å². The number of rotatable bonds is 4. The minimum absolute atomic E-state index is 0.775. The highest BCUT2D eigenvalue weighted by molar-refractivity contribution is 5.84. The summed E-state index contributed by atoms with van der Waals surface area (Å²) in [5, 5.41) is 5.12. The Kier molecular flexibility index (Phi) is 3.61. The maximum atomic E-state index is 3.71. The molecule has 1 aromatic carbocycles. The fourth-order valence-corrected chi connectivity index (χ4v) is 3.32. The van der Waals surface area contributed by atoms with E-state index in [1.54, 1.807) is 0 Å². The van der Waals surface area contributed by atoms with E-state index in [1.165, 1.54) is 47.7 Å². The molecule has 19 heavy (non-hydrogen) atoms. The van der Waals surface area contributed by atoms with Gasteiger partial charge in [0.15, 0.2) is 0 Å². The second-order valence-electron chi connectivity index (χ2n) is 5.97. The van der Waals surface area contributed by atoms with Crippen LogP contribution in [0.25, 0.3) is 10.9 Å². The number of nitrogens with one attached hydrogen (secondary N) is 1. The van der Waals surface area contributed by atoms with Crippen LogP contribution in [0.5, 0.6) is 0 Å². The van der Waals surface area contributed by atoms with Gasteiger partial charge in [0, 0.05) is 30.2 Å². The van der Waals surface area contributed by atoms with Gasteiger partial charge in [0.2, 0.25) is 0 Å². The van der Waals surface area contributed by atoms with Crippen molar-refractivity contribution in [3.05, 3.63) is 35.5 Å². The molecule has 0 radical (unpaired) electrons. The Morgan fingerprint density at radius 3 is 2.84 bits per heavy atom. The first-order valence-corrected chi connectivity index (χ1v) is 7.52. The van der Waals surface area contributed by atoms with Gasteiger partial charge in [0.05, 0.1) is 0 Å². The standard InChI is InChI=1S/C17H24N2/c1-13-7-8-16-14(12-19(2)17(16)11-13)9-10-18-15-5-3-4-6-15/h7-8,11-12,15,18H,3-6,9-10H2,1-2H3. The Labute approximate surface area is 115 Å². The van der Waals surface area contributed by atoms with Gasteiger partial charge in [-0.05, 0) is 49.9 Å². The van der Waals surface area contributed by atoms with Gasteiger partial charge in [-0.3, -0.25) is 0 Å². The predicted octanol–water partition coefficient (Wildman–Crippen LogP) is 3.56. The van der Waals surface area contributed by atoms with Crippen LogP contribution in [-0.4, -0.2) is 17.2 Å².